The van der Waals surface area contributed by atoms with Gasteiger partial charge in [-0.2, -0.15) is 18.2 Å². The van der Waals surface area contributed by atoms with Crippen molar-refractivity contribution in [3.63, 3.8) is 0 Å². The summed E-state index contributed by atoms with van der Waals surface area (Å²) in [5.74, 6) is -1.16. The van der Waals surface area contributed by atoms with Gasteiger partial charge in [-0.1, -0.05) is 40.0 Å². The summed E-state index contributed by atoms with van der Waals surface area (Å²) in [5.41, 5.74) is 5.00. The highest BCUT2D eigenvalue weighted by molar-refractivity contribution is 7.97. The van der Waals surface area contributed by atoms with Crippen LogP contribution in [0.1, 0.15) is 18.4 Å². The highest BCUT2D eigenvalue weighted by Crippen LogP contribution is 2.38. The van der Waals surface area contributed by atoms with Crippen molar-refractivity contribution in [1.82, 2.24) is 23.8 Å². The molecular weight excluding hydrogens is 648 g/mol. The largest absolute Gasteiger partial charge is 0.487 e. The van der Waals surface area contributed by atoms with Crippen molar-refractivity contribution in [3.8, 4) is 28.7 Å². The molecule has 222 valence electrons. The van der Waals surface area contributed by atoms with Gasteiger partial charge in [0.2, 0.25) is 11.7 Å². The second-order valence-corrected chi connectivity index (χ2v) is 11.3. The molecule has 42 heavy (non-hydrogen) atoms. The van der Waals surface area contributed by atoms with E-state index < -0.39 is 29.9 Å². The zero-order valence-corrected chi connectivity index (χ0v) is 24.0. The summed E-state index contributed by atoms with van der Waals surface area (Å²) in [6.07, 6.45) is -2.36. The first-order valence-corrected chi connectivity index (χ1v) is 14.0. The van der Waals surface area contributed by atoms with Crippen LogP contribution in [0.3, 0.4) is 0 Å². The van der Waals surface area contributed by atoms with Crippen LogP contribution in [0.4, 0.5) is 13.2 Å². The van der Waals surface area contributed by atoms with Crippen molar-refractivity contribution in [2.45, 2.75) is 31.2 Å². The van der Waals surface area contributed by atoms with Gasteiger partial charge in [-0.15, -0.1) is 0 Å². The van der Waals surface area contributed by atoms with E-state index in [1.807, 2.05) is 0 Å². The average Bonchev–Trinajstić information content (AvgIpc) is 3.58. The van der Waals surface area contributed by atoms with E-state index in [9.17, 15) is 22.8 Å². The molecule has 5 rings (SSSR count). The maximum Gasteiger partial charge on any atom is 0.417 e. The fourth-order valence-corrected chi connectivity index (χ4v) is 5.67. The first-order valence-electron chi connectivity index (χ1n) is 12.0. The molecule has 0 aliphatic carbocycles. The molecule has 1 aromatic carbocycles. The molecule has 4 heterocycles. The van der Waals surface area contributed by atoms with Crippen LogP contribution in [0.25, 0.3) is 28.6 Å². The summed E-state index contributed by atoms with van der Waals surface area (Å²) in [4.78, 5) is 31.7. The zero-order chi connectivity index (χ0) is 30.3. The van der Waals surface area contributed by atoms with E-state index in [1.54, 1.807) is 0 Å². The lowest BCUT2D eigenvalue weighted by Gasteiger charge is -2.32. The average molecular weight is 666 g/mol. The Labute approximate surface area is 253 Å². The number of pyridine rings is 1. The first kappa shape index (κ1) is 30.2. The van der Waals surface area contributed by atoms with Crippen LogP contribution in [0.5, 0.6) is 5.75 Å². The fourth-order valence-electron chi connectivity index (χ4n) is 3.97. The Kier molecular flexibility index (Phi) is 8.49. The summed E-state index contributed by atoms with van der Waals surface area (Å²) < 4.78 is 53.3. The normalized spacial score (nSPS) is 16.7. The number of imidazole rings is 1. The number of hydrogen-bond acceptors (Lipinski definition) is 9. The summed E-state index contributed by atoms with van der Waals surface area (Å²) >= 11 is 20.0. The van der Waals surface area contributed by atoms with Crippen molar-refractivity contribution in [3.05, 3.63) is 51.2 Å². The van der Waals surface area contributed by atoms with Gasteiger partial charge in [0.25, 0.3) is 5.89 Å². The number of nitrogens with two attached hydrogens (primary N) is 1. The molecule has 0 bridgehead atoms. The second kappa shape index (κ2) is 11.8. The number of alkyl halides is 3. The molecule has 1 aliphatic heterocycles. The number of aliphatic carboxylic acids is 1. The number of benzene rings is 1. The van der Waals surface area contributed by atoms with Crippen molar-refractivity contribution in [1.29, 1.82) is 0 Å². The zero-order valence-electron chi connectivity index (χ0n) is 20.9. The number of piperidine rings is 1. The minimum Gasteiger partial charge on any atom is -0.487 e. The summed E-state index contributed by atoms with van der Waals surface area (Å²) in [6, 6.07) is 2.56. The number of aromatic nitrogens is 4. The van der Waals surface area contributed by atoms with Crippen molar-refractivity contribution in [2.24, 2.45) is 5.73 Å². The molecule has 3 aromatic heterocycles. The molecule has 11 nitrogen and oxygen atoms in total. The number of nitrogens with zero attached hydrogens (tertiary/aromatic N) is 5. The minimum absolute atomic E-state index is 0.0123. The van der Waals surface area contributed by atoms with Gasteiger partial charge in [0.15, 0.2) is 5.65 Å². The molecule has 1 fully saturated rings. The number of ether oxygens (including phenoxy) is 1. The molecule has 1 amide bonds. The van der Waals surface area contributed by atoms with Crippen molar-refractivity contribution in [2.75, 3.05) is 12.3 Å². The van der Waals surface area contributed by atoms with Gasteiger partial charge in [0, 0.05) is 36.2 Å². The van der Waals surface area contributed by atoms with E-state index in [-0.39, 0.29) is 74.1 Å². The lowest BCUT2D eigenvalue weighted by atomic mass is 10.1. The lowest BCUT2D eigenvalue weighted by molar-refractivity contribution is -0.138. The van der Waals surface area contributed by atoms with Crippen LogP contribution in [-0.4, -0.2) is 65.3 Å². The van der Waals surface area contributed by atoms with Crippen molar-refractivity contribution < 1.29 is 37.1 Å². The van der Waals surface area contributed by atoms with Gasteiger partial charge < -0.3 is 24.5 Å². The number of amides is 1. The first-order chi connectivity index (χ1) is 19.8. The van der Waals surface area contributed by atoms with E-state index in [1.165, 1.54) is 22.6 Å². The van der Waals surface area contributed by atoms with Crippen LogP contribution < -0.4 is 10.5 Å². The number of hydrogen-bond donors (Lipinski definition) is 2. The standard InChI is InChI=1S/C24H18Cl3F3N6O5S/c25-13-5-18(40-11-1-2-19(37)36(7-11)42-9-16(31)23(38)39)14(26)4-12(13)20-33-22(41-34-20)17-8-35-6-10(24(28,29)30)3-15(27)21(35)32-17/h3-6,8,11,16H,1-2,7,9,31H2,(H,38,39)/t11-,16?/m1/s1. The minimum atomic E-state index is -4.60. The predicted octanol–water partition coefficient (Wildman–Crippen LogP) is 5.46. The van der Waals surface area contributed by atoms with Gasteiger partial charge in [-0.3, -0.25) is 13.9 Å². The number of carboxylic acids is 1. The monoisotopic (exact) mass is 664 g/mol. The van der Waals surface area contributed by atoms with Crippen LogP contribution in [0, 0.1) is 0 Å². The summed E-state index contributed by atoms with van der Waals surface area (Å²) in [5, 5.41) is 13.0. The Morgan fingerprint density at radius 1 is 1.19 bits per heavy atom. The van der Waals surface area contributed by atoms with E-state index in [4.69, 9.17) is 54.9 Å². The Morgan fingerprint density at radius 2 is 1.95 bits per heavy atom. The topological polar surface area (TPSA) is 149 Å². The molecule has 3 N–H and O–H groups in total. The maximum absolute atomic E-state index is 13.2. The molecule has 1 unspecified atom stereocenters. The third-order valence-electron chi connectivity index (χ3n) is 6.09. The van der Waals surface area contributed by atoms with Crippen LogP contribution in [-0.2, 0) is 15.8 Å². The number of rotatable bonds is 8. The highest BCUT2D eigenvalue weighted by atomic mass is 35.5. The van der Waals surface area contributed by atoms with Gasteiger partial charge in [0.1, 0.15) is 23.6 Å². The van der Waals surface area contributed by atoms with Gasteiger partial charge in [-0.25, -0.2) is 4.98 Å². The molecule has 0 radical (unpaired) electrons. The molecule has 4 aromatic rings. The fraction of sp³-hybridized carbons (Fsp3) is 0.292. The smallest absolute Gasteiger partial charge is 0.417 e. The Morgan fingerprint density at radius 3 is 2.67 bits per heavy atom. The summed E-state index contributed by atoms with van der Waals surface area (Å²) in [7, 11) is 0. The van der Waals surface area contributed by atoms with Crippen LogP contribution >= 0.6 is 46.8 Å². The molecule has 1 saturated heterocycles. The number of halogens is 6. The van der Waals surface area contributed by atoms with Gasteiger partial charge >= 0.3 is 12.1 Å². The molecular formula is C24H18Cl3F3N6O5S. The van der Waals surface area contributed by atoms with E-state index >= 15 is 0 Å². The predicted molar refractivity (Wildman–Crippen MR) is 147 cm³/mol. The molecule has 18 heteroatoms. The van der Waals surface area contributed by atoms with E-state index in [0.29, 0.717) is 6.42 Å². The lowest BCUT2D eigenvalue weighted by Crippen LogP contribution is -2.42. The molecule has 0 saturated carbocycles. The Balaban J connectivity index is 1.32. The van der Waals surface area contributed by atoms with Gasteiger partial charge in [0.05, 0.1) is 27.2 Å². The molecule has 0 spiro atoms. The molecule has 1 aliphatic rings. The second-order valence-electron chi connectivity index (χ2n) is 9.09. The molecule has 2 atom stereocenters. The van der Waals surface area contributed by atoms with Gasteiger partial charge in [-0.05, 0) is 30.5 Å². The van der Waals surface area contributed by atoms with Crippen LogP contribution in [0.15, 0.2) is 35.1 Å². The van der Waals surface area contributed by atoms with E-state index in [2.05, 4.69) is 15.1 Å². The van der Waals surface area contributed by atoms with E-state index in [0.717, 1.165) is 28.6 Å². The number of fused-ring (bicyclic) bond motifs is 1. The summed E-state index contributed by atoms with van der Waals surface area (Å²) in [6.45, 7) is 0.174. The number of carboxylic acid groups (broad SMARTS) is 1. The quantitative estimate of drug-likeness (QED) is 0.232. The Hall–Kier alpha value is -3.24. The number of carbonyl (C=O) groups is 2. The maximum atomic E-state index is 13.2. The third-order valence-corrected chi connectivity index (χ3v) is 8.15. The van der Waals surface area contributed by atoms with Crippen LogP contribution in [0.2, 0.25) is 15.1 Å². The third kappa shape index (κ3) is 6.39. The highest BCUT2D eigenvalue weighted by Gasteiger charge is 2.32. The SMILES string of the molecule is NC(CSN1C[C@H](Oc2cc(Cl)c(-c3noc(-c4cn5cc(C(F)(F)F)cc(Cl)c5n4)n3)cc2Cl)CCC1=O)C(=O)O. The van der Waals surface area contributed by atoms with Crippen molar-refractivity contribution >= 4 is 64.3 Å². The Bertz CT molecular complexity index is 1680. The number of carbonyl (C=O) groups excluding carboxylic acids is 1.